The maximum absolute atomic E-state index is 4.69. The van der Waals surface area contributed by atoms with Gasteiger partial charge in [-0.1, -0.05) is 39.5 Å². The van der Waals surface area contributed by atoms with Crippen LogP contribution in [-0.4, -0.2) is 16.3 Å². The highest BCUT2D eigenvalue weighted by atomic mass is 15.3. The van der Waals surface area contributed by atoms with Gasteiger partial charge in [-0.15, -0.1) is 0 Å². The highest BCUT2D eigenvalue weighted by molar-refractivity contribution is 4.99. The lowest BCUT2D eigenvalue weighted by atomic mass is 10.0. The van der Waals surface area contributed by atoms with E-state index in [1.807, 2.05) is 0 Å². The third-order valence-corrected chi connectivity index (χ3v) is 4.26. The van der Waals surface area contributed by atoms with Crippen molar-refractivity contribution in [2.45, 2.75) is 65.0 Å². The van der Waals surface area contributed by atoms with Crippen molar-refractivity contribution < 1.29 is 0 Å². The summed E-state index contributed by atoms with van der Waals surface area (Å²) in [5.41, 5.74) is 1.19. The average molecular weight is 249 g/mol. The van der Waals surface area contributed by atoms with Crippen LogP contribution < -0.4 is 5.32 Å². The zero-order valence-electron chi connectivity index (χ0n) is 11.9. The van der Waals surface area contributed by atoms with Crippen molar-refractivity contribution in [3.05, 3.63) is 18.0 Å². The first-order chi connectivity index (χ1) is 8.83. The van der Waals surface area contributed by atoms with Crippen LogP contribution in [0.2, 0.25) is 0 Å². The third-order valence-electron chi connectivity index (χ3n) is 4.26. The molecule has 0 saturated heterocycles. The highest BCUT2D eigenvalue weighted by Gasteiger charge is 2.17. The Morgan fingerprint density at radius 2 is 2.06 bits per heavy atom. The van der Waals surface area contributed by atoms with Gasteiger partial charge in [-0.3, -0.25) is 4.68 Å². The summed E-state index contributed by atoms with van der Waals surface area (Å²) in [6, 6.07) is 2.83. The molecule has 1 N–H and O–H groups in total. The summed E-state index contributed by atoms with van der Waals surface area (Å²) in [6.45, 7) is 6.56. The number of rotatable bonds is 7. The summed E-state index contributed by atoms with van der Waals surface area (Å²) in [5, 5.41) is 8.23. The number of hydrogen-bond donors (Lipinski definition) is 1. The van der Waals surface area contributed by atoms with Crippen LogP contribution in [0.25, 0.3) is 0 Å². The summed E-state index contributed by atoms with van der Waals surface area (Å²) in [5.74, 6) is 0.807. The Hall–Kier alpha value is -0.830. The van der Waals surface area contributed by atoms with Crippen LogP contribution in [0.5, 0.6) is 0 Å². The smallest absolute Gasteiger partial charge is 0.0762 e. The van der Waals surface area contributed by atoms with Gasteiger partial charge in [0.2, 0.25) is 0 Å². The van der Waals surface area contributed by atoms with E-state index in [0.717, 1.165) is 19.0 Å². The molecule has 0 radical (unpaired) electrons. The lowest BCUT2D eigenvalue weighted by Crippen LogP contribution is -2.22. The monoisotopic (exact) mass is 249 g/mol. The second-order valence-electron chi connectivity index (χ2n) is 5.54. The molecule has 0 bridgehead atoms. The zero-order valence-corrected chi connectivity index (χ0v) is 11.9. The van der Waals surface area contributed by atoms with Gasteiger partial charge >= 0.3 is 0 Å². The van der Waals surface area contributed by atoms with Crippen molar-refractivity contribution in [3.8, 4) is 0 Å². The van der Waals surface area contributed by atoms with Crippen molar-refractivity contribution >= 4 is 0 Å². The van der Waals surface area contributed by atoms with Gasteiger partial charge in [0.25, 0.3) is 0 Å². The van der Waals surface area contributed by atoms with Crippen LogP contribution in [0.3, 0.4) is 0 Å². The number of hydrogen-bond acceptors (Lipinski definition) is 2. The van der Waals surface area contributed by atoms with E-state index in [4.69, 9.17) is 5.10 Å². The molecule has 1 saturated carbocycles. The van der Waals surface area contributed by atoms with Crippen LogP contribution >= 0.6 is 0 Å². The first-order valence-electron chi connectivity index (χ1n) is 7.58. The van der Waals surface area contributed by atoms with Crippen molar-refractivity contribution in [1.82, 2.24) is 15.1 Å². The van der Waals surface area contributed by atoms with Gasteiger partial charge in [-0.05, 0) is 31.4 Å². The van der Waals surface area contributed by atoms with Gasteiger partial charge in [0.15, 0.2) is 0 Å². The summed E-state index contributed by atoms with van der Waals surface area (Å²) in [7, 11) is 0. The van der Waals surface area contributed by atoms with E-state index >= 15 is 0 Å². The minimum absolute atomic E-state index is 0.665. The highest BCUT2D eigenvalue weighted by Crippen LogP contribution is 2.28. The Morgan fingerprint density at radius 3 is 2.72 bits per heavy atom. The van der Waals surface area contributed by atoms with E-state index in [2.05, 4.69) is 36.1 Å². The van der Waals surface area contributed by atoms with E-state index in [1.165, 1.54) is 44.2 Å². The Kier molecular flexibility index (Phi) is 5.24. The quantitative estimate of drug-likeness (QED) is 0.801. The first kappa shape index (κ1) is 13.6. The maximum atomic E-state index is 4.69. The first-order valence-corrected chi connectivity index (χ1v) is 7.58. The molecule has 18 heavy (non-hydrogen) atoms. The number of aromatic nitrogens is 2. The lowest BCUT2D eigenvalue weighted by Gasteiger charge is -2.12. The van der Waals surface area contributed by atoms with Gasteiger partial charge in [-0.25, -0.2) is 0 Å². The predicted octanol–water partition coefficient (Wildman–Crippen LogP) is 3.52. The van der Waals surface area contributed by atoms with Crippen molar-refractivity contribution in [2.75, 3.05) is 6.54 Å². The third kappa shape index (κ3) is 3.58. The zero-order chi connectivity index (χ0) is 12.8. The normalized spacial score (nSPS) is 16.8. The SMILES string of the molecule is CCC(CC)CNCc1ccn(C2CCCC2)n1. The molecule has 3 nitrogen and oxygen atoms in total. The predicted molar refractivity (Wildman–Crippen MR) is 75.5 cm³/mol. The van der Waals surface area contributed by atoms with Crippen molar-refractivity contribution in [1.29, 1.82) is 0 Å². The molecule has 0 spiro atoms. The average Bonchev–Trinajstić information content (AvgIpc) is 3.05. The van der Waals surface area contributed by atoms with Gasteiger partial charge in [0.05, 0.1) is 11.7 Å². The molecule has 0 atom stereocenters. The van der Waals surface area contributed by atoms with E-state index in [-0.39, 0.29) is 0 Å². The fraction of sp³-hybridized carbons (Fsp3) is 0.800. The van der Waals surface area contributed by atoms with Crippen LogP contribution in [0.4, 0.5) is 0 Å². The number of nitrogens with zero attached hydrogens (tertiary/aromatic N) is 2. The summed E-state index contributed by atoms with van der Waals surface area (Å²) < 4.78 is 2.18. The Morgan fingerprint density at radius 1 is 1.33 bits per heavy atom. The Balaban J connectivity index is 1.76. The van der Waals surface area contributed by atoms with E-state index in [9.17, 15) is 0 Å². The Bertz CT molecular complexity index is 335. The molecule has 1 heterocycles. The molecule has 102 valence electrons. The molecule has 1 aromatic heterocycles. The molecule has 0 amide bonds. The summed E-state index contributed by atoms with van der Waals surface area (Å²) in [4.78, 5) is 0. The molecule has 1 aromatic rings. The van der Waals surface area contributed by atoms with E-state index in [0.29, 0.717) is 6.04 Å². The lowest BCUT2D eigenvalue weighted by molar-refractivity contribution is 0.439. The van der Waals surface area contributed by atoms with E-state index in [1.54, 1.807) is 0 Å². The molecule has 0 aromatic carbocycles. The van der Waals surface area contributed by atoms with Crippen molar-refractivity contribution in [2.24, 2.45) is 5.92 Å². The second-order valence-corrected chi connectivity index (χ2v) is 5.54. The summed E-state index contributed by atoms with van der Waals surface area (Å²) in [6.07, 6.45) is 10.0. The topological polar surface area (TPSA) is 29.9 Å². The van der Waals surface area contributed by atoms with Crippen LogP contribution in [0.1, 0.15) is 64.1 Å². The van der Waals surface area contributed by atoms with Crippen LogP contribution in [0, 0.1) is 5.92 Å². The minimum Gasteiger partial charge on any atom is -0.311 e. The second kappa shape index (κ2) is 6.93. The van der Waals surface area contributed by atoms with Gasteiger partial charge < -0.3 is 5.32 Å². The molecule has 1 fully saturated rings. The number of nitrogens with one attached hydrogen (secondary N) is 1. The molecule has 3 heteroatoms. The summed E-state index contributed by atoms with van der Waals surface area (Å²) >= 11 is 0. The van der Waals surface area contributed by atoms with Crippen molar-refractivity contribution in [3.63, 3.8) is 0 Å². The standard InChI is InChI=1S/C15H27N3/c1-3-13(4-2)11-16-12-14-9-10-18(17-14)15-7-5-6-8-15/h9-10,13,15-16H,3-8,11-12H2,1-2H3. The fourth-order valence-electron chi connectivity index (χ4n) is 2.83. The molecule has 0 aliphatic heterocycles. The van der Waals surface area contributed by atoms with Crippen LogP contribution in [0.15, 0.2) is 12.3 Å². The van der Waals surface area contributed by atoms with Gasteiger partial charge in [0, 0.05) is 12.7 Å². The fourth-order valence-corrected chi connectivity index (χ4v) is 2.83. The molecule has 1 aliphatic rings. The van der Waals surface area contributed by atoms with Crippen LogP contribution in [-0.2, 0) is 6.54 Å². The molecule has 1 aliphatic carbocycles. The Labute approximate surface area is 111 Å². The maximum Gasteiger partial charge on any atom is 0.0762 e. The molecule has 0 unspecified atom stereocenters. The van der Waals surface area contributed by atoms with Gasteiger partial charge in [-0.2, -0.15) is 5.10 Å². The van der Waals surface area contributed by atoms with Gasteiger partial charge in [0.1, 0.15) is 0 Å². The van der Waals surface area contributed by atoms with E-state index < -0.39 is 0 Å². The largest absolute Gasteiger partial charge is 0.311 e. The minimum atomic E-state index is 0.665. The molecular weight excluding hydrogens is 222 g/mol. The molecular formula is C15H27N3. The molecule has 2 rings (SSSR count).